The topological polar surface area (TPSA) is 130 Å². The number of nitrogens with zero attached hydrogens (tertiary/aromatic N) is 1. The number of carboxylic acids is 1. The maximum atomic E-state index is 12.8. The molecule has 0 fully saturated rings. The lowest BCUT2D eigenvalue weighted by atomic mass is 10.1. The van der Waals surface area contributed by atoms with Crippen LogP contribution in [0, 0.1) is 0 Å². The fraction of sp³-hybridized carbons (Fsp3) is 0.118. The normalized spacial score (nSPS) is 12.0. The van der Waals surface area contributed by atoms with Crippen LogP contribution in [0.15, 0.2) is 41.2 Å². The Labute approximate surface area is 147 Å². The van der Waals surface area contributed by atoms with Crippen molar-refractivity contribution in [1.29, 1.82) is 0 Å². The third kappa shape index (κ3) is 3.22. The van der Waals surface area contributed by atoms with E-state index < -0.39 is 35.3 Å². The molecule has 1 aromatic heterocycles. The Hall–Kier alpha value is -3.75. The Morgan fingerprint density at radius 3 is 2.69 bits per heavy atom. The molecule has 0 saturated carbocycles. The van der Waals surface area contributed by atoms with Gasteiger partial charge in [0, 0.05) is 6.54 Å². The monoisotopic (exact) mass is 357 g/mol. The van der Waals surface area contributed by atoms with Crippen molar-refractivity contribution in [3.05, 3.63) is 57.9 Å². The first kappa shape index (κ1) is 17.1. The molecule has 1 amide bonds. The van der Waals surface area contributed by atoms with Crippen molar-refractivity contribution in [2.24, 2.45) is 0 Å². The highest BCUT2D eigenvalue weighted by atomic mass is 16.7. The first-order valence-electron chi connectivity index (χ1n) is 7.65. The van der Waals surface area contributed by atoms with Crippen LogP contribution < -0.4 is 21.0 Å². The van der Waals surface area contributed by atoms with Crippen LogP contribution in [0.25, 0.3) is 6.08 Å². The van der Waals surface area contributed by atoms with Crippen LogP contribution in [-0.2, 0) is 4.79 Å². The van der Waals surface area contributed by atoms with E-state index in [1.807, 2.05) is 0 Å². The van der Waals surface area contributed by atoms with Crippen molar-refractivity contribution >= 4 is 23.8 Å². The maximum Gasteiger partial charge on any atom is 0.322 e. The second-order valence-corrected chi connectivity index (χ2v) is 5.35. The number of carbonyl (C=O) groups is 2. The number of hydrogen-bond acceptors (Lipinski definition) is 6. The molecule has 134 valence electrons. The Bertz CT molecular complexity index is 949. The lowest BCUT2D eigenvalue weighted by Gasteiger charge is -2.21. The Kier molecular flexibility index (Phi) is 4.61. The van der Waals surface area contributed by atoms with Crippen LogP contribution in [0.1, 0.15) is 15.9 Å². The summed E-state index contributed by atoms with van der Waals surface area (Å²) in [5.41, 5.74) is -1.34. The molecule has 9 heteroatoms. The van der Waals surface area contributed by atoms with Gasteiger partial charge in [0.05, 0.1) is 5.56 Å². The van der Waals surface area contributed by atoms with Gasteiger partial charge in [0.15, 0.2) is 17.1 Å². The van der Waals surface area contributed by atoms with E-state index in [4.69, 9.17) is 9.94 Å². The van der Waals surface area contributed by atoms with Crippen LogP contribution in [0.4, 0.5) is 5.82 Å². The van der Waals surface area contributed by atoms with Gasteiger partial charge < -0.3 is 25.7 Å². The SMILES string of the molecule is O=C(O)CNC(=O)c1c(O)c2c(n(Oc3ccccc3)c1=O)NCC=C2. The van der Waals surface area contributed by atoms with Crippen LogP contribution in [-0.4, -0.2) is 39.9 Å². The summed E-state index contributed by atoms with van der Waals surface area (Å²) in [6.07, 6.45) is 3.23. The van der Waals surface area contributed by atoms with E-state index in [2.05, 4.69) is 10.6 Å². The van der Waals surface area contributed by atoms with Crippen molar-refractivity contribution in [2.45, 2.75) is 0 Å². The lowest BCUT2D eigenvalue weighted by molar-refractivity contribution is -0.135. The quantitative estimate of drug-likeness (QED) is 0.618. The number of carbonyl (C=O) groups excluding carboxylic acids is 1. The highest BCUT2D eigenvalue weighted by Crippen LogP contribution is 2.31. The number of aromatic nitrogens is 1. The van der Waals surface area contributed by atoms with Gasteiger partial charge in [0.2, 0.25) is 0 Å². The molecule has 0 unspecified atom stereocenters. The first-order chi connectivity index (χ1) is 12.5. The van der Waals surface area contributed by atoms with E-state index in [1.165, 1.54) is 0 Å². The molecule has 0 bridgehead atoms. The third-order valence-electron chi connectivity index (χ3n) is 3.59. The Balaban J connectivity index is 2.12. The fourth-order valence-corrected chi connectivity index (χ4v) is 2.44. The molecule has 0 aliphatic carbocycles. The molecule has 9 nitrogen and oxygen atoms in total. The van der Waals surface area contributed by atoms with Crippen molar-refractivity contribution in [3.63, 3.8) is 0 Å². The molecule has 4 N–H and O–H groups in total. The summed E-state index contributed by atoms with van der Waals surface area (Å²) in [6.45, 7) is -0.295. The second-order valence-electron chi connectivity index (χ2n) is 5.35. The van der Waals surface area contributed by atoms with Gasteiger partial charge in [0.25, 0.3) is 5.91 Å². The molecule has 26 heavy (non-hydrogen) atoms. The highest BCUT2D eigenvalue weighted by molar-refractivity contribution is 5.99. The largest absolute Gasteiger partial charge is 0.506 e. The summed E-state index contributed by atoms with van der Waals surface area (Å²) in [6, 6.07) is 8.43. The van der Waals surface area contributed by atoms with Crippen molar-refractivity contribution in [2.75, 3.05) is 18.4 Å². The van der Waals surface area contributed by atoms with Crippen LogP contribution in [0.3, 0.4) is 0 Å². The number of hydrogen-bond donors (Lipinski definition) is 4. The van der Waals surface area contributed by atoms with Crippen molar-refractivity contribution < 1.29 is 24.6 Å². The minimum absolute atomic E-state index is 0.187. The number of benzene rings is 1. The van der Waals surface area contributed by atoms with Gasteiger partial charge in [-0.2, -0.15) is 0 Å². The number of carboxylic acid groups (broad SMARTS) is 1. The number of amides is 1. The number of pyridine rings is 1. The smallest absolute Gasteiger partial charge is 0.322 e. The highest BCUT2D eigenvalue weighted by Gasteiger charge is 2.27. The zero-order valence-electron chi connectivity index (χ0n) is 13.4. The first-order valence-corrected chi connectivity index (χ1v) is 7.65. The lowest BCUT2D eigenvalue weighted by Crippen LogP contribution is -2.38. The van der Waals surface area contributed by atoms with Gasteiger partial charge >= 0.3 is 11.5 Å². The third-order valence-corrected chi connectivity index (χ3v) is 3.59. The van der Waals surface area contributed by atoms with E-state index in [1.54, 1.807) is 42.5 Å². The van der Waals surface area contributed by atoms with E-state index in [9.17, 15) is 19.5 Å². The number of para-hydroxylation sites is 1. The molecule has 0 spiro atoms. The minimum Gasteiger partial charge on any atom is -0.506 e. The molecular weight excluding hydrogens is 342 g/mol. The zero-order chi connectivity index (χ0) is 18.7. The van der Waals surface area contributed by atoms with Gasteiger partial charge in [-0.1, -0.05) is 24.3 Å². The Morgan fingerprint density at radius 1 is 1.27 bits per heavy atom. The molecule has 1 aliphatic rings. The van der Waals surface area contributed by atoms with Crippen LogP contribution in [0.2, 0.25) is 0 Å². The van der Waals surface area contributed by atoms with Crippen molar-refractivity contribution in [1.82, 2.24) is 10.0 Å². The van der Waals surface area contributed by atoms with E-state index in [0.717, 1.165) is 4.73 Å². The fourth-order valence-electron chi connectivity index (χ4n) is 2.44. The molecule has 0 atom stereocenters. The summed E-state index contributed by atoms with van der Waals surface area (Å²) in [7, 11) is 0. The number of aromatic hydroxyl groups is 1. The summed E-state index contributed by atoms with van der Waals surface area (Å²) in [5, 5.41) is 24.0. The summed E-state index contributed by atoms with van der Waals surface area (Å²) in [5.74, 6) is -2.31. The molecule has 3 rings (SSSR count). The molecule has 1 aliphatic heterocycles. The van der Waals surface area contributed by atoms with Gasteiger partial charge in [0.1, 0.15) is 12.3 Å². The number of aliphatic carboxylic acids is 1. The maximum absolute atomic E-state index is 12.8. The van der Waals surface area contributed by atoms with Crippen LogP contribution in [0.5, 0.6) is 11.5 Å². The molecular formula is C17H15N3O6. The number of rotatable bonds is 5. The minimum atomic E-state index is -1.28. The van der Waals surface area contributed by atoms with E-state index in [-0.39, 0.29) is 11.4 Å². The molecule has 0 saturated heterocycles. The number of anilines is 1. The molecule has 2 aromatic rings. The summed E-state index contributed by atoms with van der Waals surface area (Å²) in [4.78, 5) is 41.2. The molecule has 0 radical (unpaired) electrons. The number of nitrogens with one attached hydrogen (secondary N) is 2. The zero-order valence-corrected chi connectivity index (χ0v) is 13.4. The summed E-state index contributed by atoms with van der Waals surface area (Å²) >= 11 is 0. The van der Waals surface area contributed by atoms with E-state index in [0.29, 0.717) is 12.3 Å². The predicted molar refractivity (Wildman–Crippen MR) is 92.3 cm³/mol. The Morgan fingerprint density at radius 2 is 2.00 bits per heavy atom. The van der Waals surface area contributed by atoms with Crippen LogP contribution >= 0.6 is 0 Å². The average molecular weight is 357 g/mol. The van der Waals surface area contributed by atoms with Gasteiger partial charge in [-0.05, 0) is 18.2 Å². The molecule has 1 aromatic carbocycles. The molecule has 2 heterocycles. The van der Waals surface area contributed by atoms with Gasteiger partial charge in [-0.3, -0.25) is 14.4 Å². The standard InChI is InChI=1S/C17H15N3O6/c21-12(22)9-19-16(24)13-14(23)11-7-4-8-18-15(11)20(17(13)25)26-10-5-2-1-3-6-10/h1-7,18,23H,8-9H2,(H,19,24)(H,21,22). The van der Waals surface area contributed by atoms with Gasteiger partial charge in [-0.15, -0.1) is 4.73 Å². The van der Waals surface area contributed by atoms with Gasteiger partial charge in [-0.25, -0.2) is 0 Å². The predicted octanol–water partition coefficient (Wildman–Crippen LogP) is 0.649. The average Bonchev–Trinajstić information content (AvgIpc) is 2.64. The van der Waals surface area contributed by atoms with Crippen molar-refractivity contribution in [3.8, 4) is 11.5 Å². The van der Waals surface area contributed by atoms with E-state index >= 15 is 0 Å². The number of fused-ring (bicyclic) bond motifs is 1. The summed E-state index contributed by atoms with van der Waals surface area (Å²) < 4.78 is 0.865. The second kappa shape index (κ2) is 7.01.